The smallest absolute Gasteiger partial charge is 0.0840 e. The summed E-state index contributed by atoms with van der Waals surface area (Å²) in [5, 5.41) is 0. The molecule has 0 aliphatic carbocycles. The first-order chi connectivity index (χ1) is 6.00. The molecule has 0 fully saturated rings. The third-order valence-electron chi connectivity index (χ3n) is 0. The molecule has 0 atom stereocenters. The number of halogens is 9. The predicted molar refractivity (Wildman–Crippen MR) is 89.4 cm³/mol. The Hall–Kier alpha value is 3.67. The van der Waals surface area contributed by atoms with Crippen LogP contribution in [0.2, 0.25) is 0 Å². The van der Waals surface area contributed by atoms with E-state index in [1.165, 1.54) is 20.8 Å². The Bertz CT molecular complexity index is 98.5. The molecule has 0 saturated heterocycles. The van der Waals surface area contributed by atoms with Crippen LogP contribution in [0, 0.1) is 0 Å². The zero-order valence-electron chi connectivity index (χ0n) is 9.06. The van der Waals surface area contributed by atoms with Gasteiger partial charge in [-0.25, -0.2) is 0 Å². The fourth-order valence-electron chi connectivity index (χ4n) is 0. The van der Waals surface area contributed by atoms with E-state index in [1.807, 2.05) is 0 Å². The molecule has 0 unspecified atom stereocenters. The van der Waals surface area contributed by atoms with Crippen molar-refractivity contribution in [3.63, 3.8) is 0 Å². The number of rotatable bonds is 0. The van der Waals surface area contributed by atoms with Gasteiger partial charge in [0.2, 0.25) is 0 Å². The predicted octanol–water partition coefficient (Wildman–Crippen LogP) is 6.37. The minimum absolute atomic E-state index is 0. The average molecular weight is 454 g/mol. The first kappa shape index (κ1) is 32.6. The Kier molecular flexibility index (Phi) is 28.0. The van der Waals surface area contributed by atoms with E-state index >= 15 is 0 Å². The van der Waals surface area contributed by atoms with E-state index in [1.54, 1.807) is 0 Å². The Morgan fingerprint density at radius 3 is 0.412 bits per heavy atom. The van der Waals surface area contributed by atoms with E-state index in [-0.39, 0.29) is 34.7 Å². The summed E-state index contributed by atoms with van der Waals surface area (Å²) in [7, 11) is 0. The Labute approximate surface area is 169 Å². The van der Waals surface area contributed by atoms with Crippen molar-refractivity contribution in [2.24, 2.45) is 0 Å². The molecule has 0 heterocycles. The van der Waals surface area contributed by atoms with E-state index in [4.69, 9.17) is 104 Å². The normalized spacial score (nSPS) is 10.6. The zero-order valence-corrected chi connectivity index (χ0v) is 18.2. The van der Waals surface area contributed by atoms with Gasteiger partial charge in [-0.3, -0.25) is 0 Å². The molecule has 0 aliphatic heterocycles. The van der Waals surface area contributed by atoms with Gasteiger partial charge >= 0.3 is 0 Å². The van der Waals surface area contributed by atoms with Gasteiger partial charge in [0, 0.05) is 34.7 Å². The third kappa shape index (κ3) is 455. The van der Waals surface area contributed by atoms with Crippen molar-refractivity contribution in [3.05, 3.63) is 0 Å². The summed E-state index contributed by atoms with van der Waals surface area (Å²) in [5.74, 6) is 0. The van der Waals surface area contributed by atoms with Crippen LogP contribution in [0.15, 0.2) is 0 Å². The van der Waals surface area contributed by atoms with Gasteiger partial charge in [-0.1, -0.05) is 104 Å². The molecule has 102 valence electrons. The second-order valence-corrected chi connectivity index (χ2v) is 10.9. The van der Waals surface area contributed by atoms with Gasteiger partial charge in [-0.05, 0) is 20.8 Å². The van der Waals surface area contributed by atoms with Gasteiger partial charge in [-0.2, -0.15) is 0 Å². The van der Waals surface area contributed by atoms with Crippen molar-refractivity contribution in [2.45, 2.75) is 32.1 Å². The number of hydrogen-bond donors (Lipinski definition) is 0. The maximum absolute atomic E-state index is 5.06. The van der Waals surface area contributed by atoms with Crippen molar-refractivity contribution in [2.75, 3.05) is 0 Å². The highest BCUT2D eigenvalue weighted by Gasteiger charge is 2.07. The standard InChI is InChI=1S/3C2H3Cl3.2Al/c3*1-2(3,4)5;;/h3*1H3;;. The lowest BCUT2D eigenvalue weighted by molar-refractivity contribution is 1.27. The molecule has 0 nitrogen and oxygen atoms in total. The molecular formula is C6H9Al2Cl9. The summed E-state index contributed by atoms with van der Waals surface area (Å²) in [5.41, 5.74) is 0. The fraction of sp³-hybridized carbons (Fsp3) is 1.00. The second kappa shape index (κ2) is 14.6. The molecule has 17 heavy (non-hydrogen) atoms. The van der Waals surface area contributed by atoms with E-state index in [0.717, 1.165) is 0 Å². The minimum Gasteiger partial charge on any atom is -0.0840 e. The monoisotopic (exact) mass is 450 g/mol. The van der Waals surface area contributed by atoms with Gasteiger partial charge in [-0.15, -0.1) is 0 Å². The summed E-state index contributed by atoms with van der Waals surface area (Å²) >= 11 is 45.5. The molecule has 0 bridgehead atoms. The summed E-state index contributed by atoms with van der Waals surface area (Å²) in [6.07, 6.45) is 0. The van der Waals surface area contributed by atoms with Crippen LogP contribution >= 0.6 is 104 Å². The highest BCUT2D eigenvalue weighted by Crippen LogP contribution is 2.24. The fourth-order valence-corrected chi connectivity index (χ4v) is 0. The summed E-state index contributed by atoms with van der Waals surface area (Å²) in [6.45, 7) is 4.45. The Balaban J connectivity index is -0.0000000400. The molecule has 0 spiro atoms. The quantitative estimate of drug-likeness (QED) is 0.295. The molecule has 6 radical (unpaired) electrons. The number of hydrogen-bond acceptors (Lipinski definition) is 0. The first-order valence-corrected chi connectivity index (χ1v) is 6.60. The van der Waals surface area contributed by atoms with E-state index < -0.39 is 11.4 Å². The van der Waals surface area contributed by atoms with Crippen LogP contribution in [-0.4, -0.2) is 46.1 Å². The average Bonchev–Trinajstić information content (AvgIpc) is 1.41. The highest BCUT2D eigenvalue weighted by molar-refractivity contribution is 6.68. The largest absolute Gasteiger partial charge is 0.187 e. The zero-order chi connectivity index (χ0) is 13.5. The lowest BCUT2D eigenvalue weighted by Gasteiger charge is -1.94. The molecule has 0 aromatic carbocycles. The molecule has 0 amide bonds. The van der Waals surface area contributed by atoms with E-state index in [2.05, 4.69) is 0 Å². The Morgan fingerprint density at radius 2 is 0.412 bits per heavy atom. The first-order valence-electron chi connectivity index (χ1n) is 3.20. The van der Waals surface area contributed by atoms with E-state index in [9.17, 15) is 0 Å². The van der Waals surface area contributed by atoms with Crippen molar-refractivity contribution in [1.82, 2.24) is 0 Å². The van der Waals surface area contributed by atoms with Crippen LogP contribution < -0.4 is 0 Å². The molecule has 0 aliphatic rings. The minimum atomic E-state index is -1.08. The molecule has 0 saturated carbocycles. The SMILES string of the molecule is CC(Cl)(Cl)Cl.CC(Cl)(Cl)Cl.CC(Cl)(Cl)Cl.[Al].[Al]. The maximum atomic E-state index is 5.06. The van der Waals surface area contributed by atoms with Crippen molar-refractivity contribution in [3.8, 4) is 0 Å². The molecule has 0 aromatic heterocycles. The van der Waals surface area contributed by atoms with Gasteiger partial charge in [0.1, 0.15) is 0 Å². The Morgan fingerprint density at radius 1 is 0.412 bits per heavy atom. The summed E-state index contributed by atoms with van der Waals surface area (Å²) < 4.78 is -3.25. The van der Waals surface area contributed by atoms with Gasteiger partial charge in [0.05, 0.1) is 0 Å². The summed E-state index contributed by atoms with van der Waals surface area (Å²) in [4.78, 5) is 0. The second-order valence-electron chi connectivity index (χ2n) is 2.34. The van der Waals surface area contributed by atoms with Crippen LogP contribution in [0.3, 0.4) is 0 Å². The molecular weight excluding hydrogens is 445 g/mol. The van der Waals surface area contributed by atoms with Gasteiger partial charge < -0.3 is 0 Å². The van der Waals surface area contributed by atoms with Crippen LogP contribution in [-0.2, 0) is 0 Å². The van der Waals surface area contributed by atoms with Crippen molar-refractivity contribution < 1.29 is 0 Å². The van der Waals surface area contributed by atoms with Crippen LogP contribution in [0.5, 0.6) is 0 Å². The van der Waals surface area contributed by atoms with Crippen LogP contribution in [0.4, 0.5) is 0 Å². The molecule has 0 rings (SSSR count). The topological polar surface area (TPSA) is 0 Å². The van der Waals surface area contributed by atoms with Crippen LogP contribution in [0.25, 0.3) is 0 Å². The number of alkyl halides is 9. The highest BCUT2D eigenvalue weighted by atomic mass is 35.6. The summed E-state index contributed by atoms with van der Waals surface area (Å²) in [6, 6.07) is 0. The van der Waals surface area contributed by atoms with Crippen molar-refractivity contribution >= 4 is 139 Å². The van der Waals surface area contributed by atoms with Gasteiger partial charge in [0.25, 0.3) is 0 Å². The lowest BCUT2D eigenvalue weighted by Crippen LogP contribution is -1.87. The third-order valence-corrected chi connectivity index (χ3v) is 0. The molecule has 11 heteroatoms. The van der Waals surface area contributed by atoms with Gasteiger partial charge in [0.15, 0.2) is 11.4 Å². The maximum Gasteiger partial charge on any atom is 0.187 e. The van der Waals surface area contributed by atoms with Crippen molar-refractivity contribution in [1.29, 1.82) is 0 Å². The van der Waals surface area contributed by atoms with E-state index in [0.29, 0.717) is 0 Å². The molecule has 0 N–H and O–H groups in total. The molecule has 0 aromatic rings. The lowest BCUT2D eigenvalue weighted by atomic mass is 10.9. The van der Waals surface area contributed by atoms with Crippen LogP contribution in [0.1, 0.15) is 20.8 Å².